The van der Waals surface area contributed by atoms with E-state index < -0.39 is 0 Å². The molecule has 1 aliphatic heterocycles. The molecule has 3 heteroatoms. The topological polar surface area (TPSA) is 25.2 Å². The quantitative estimate of drug-likeness (QED) is 0.820. The van der Waals surface area contributed by atoms with E-state index in [0.29, 0.717) is 12.1 Å². The summed E-state index contributed by atoms with van der Waals surface area (Å²) in [5, 5.41) is 0. The van der Waals surface area contributed by atoms with Crippen LogP contribution in [0.25, 0.3) is 5.69 Å². The third-order valence-electron chi connectivity index (χ3n) is 4.44. The molecule has 1 aliphatic rings. The number of hydrogen-bond donors (Lipinski definition) is 0. The van der Waals surface area contributed by atoms with Crippen molar-refractivity contribution >= 4 is 5.91 Å². The maximum absolute atomic E-state index is 12.7. The average molecular weight is 282 g/mol. The fourth-order valence-electron chi connectivity index (χ4n) is 3.25. The van der Waals surface area contributed by atoms with Gasteiger partial charge in [-0.1, -0.05) is 0 Å². The Morgan fingerprint density at radius 3 is 2.14 bits per heavy atom. The van der Waals surface area contributed by atoms with Crippen LogP contribution in [0.5, 0.6) is 0 Å². The molecule has 2 unspecified atom stereocenters. The lowest BCUT2D eigenvalue weighted by Crippen LogP contribution is -2.47. The Balaban J connectivity index is 1.81. The van der Waals surface area contributed by atoms with Crippen molar-refractivity contribution in [3.05, 3.63) is 54.4 Å². The van der Waals surface area contributed by atoms with Gasteiger partial charge in [0.15, 0.2) is 0 Å². The van der Waals surface area contributed by atoms with Gasteiger partial charge in [0.25, 0.3) is 5.91 Å². The van der Waals surface area contributed by atoms with Crippen LogP contribution in [-0.2, 0) is 0 Å². The number of carbonyl (C=O) groups excluding carboxylic acids is 1. The molecule has 0 aliphatic carbocycles. The van der Waals surface area contributed by atoms with Crippen LogP contribution in [0.4, 0.5) is 0 Å². The highest BCUT2D eigenvalue weighted by Crippen LogP contribution is 2.24. The summed E-state index contributed by atoms with van der Waals surface area (Å²) in [6.45, 7) is 4.31. The summed E-state index contributed by atoms with van der Waals surface area (Å²) in [4.78, 5) is 14.8. The number of piperidine rings is 1. The number of likely N-dealkylation sites (tertiary alicyclic amines) is 1. The molecule has 2 aromatic rings. The summed E-state index contributed by atoms with van der Waals surface area (Å²) in [7, 11) is 0. The van der Waals surface area contributed by atoms with E-state index in [-0.39, 0.29) is 5.91 Å². The van der Waals surface area contributed by atoms with Gasteiger partial charge in [-0.3, -0.25) is 4.79 Å². The maximum atomic E-state index is 12.7. The van der Waals surface area contributed by atoms with Crippen molar-refractivity contribution < 1.29 is 4.79 Å². The van der Waals surface area contributed by atoms with E-state index in [1.54, 1.807) is 0 Å². The second-order valence-electron chi connectivity index (χ2n) is 5.98. The largest absolute Gasteiger partial charge is 0.333 e. The monoisotopic (exact) mass is 282 g/mol. The van der Waals surface area contributed by atoms with Crippen molar-refractivity contribution in [1.29, 1.82) is 0 Å². The van der Waals surface area contributed by atoms with Crippen LogP contribution in [-0.4, -0.2) is 27.5 Å². The van der Waals surface area contributed by atoms with Crippen molar-refractivity contribution in [2.75, 3.05) is 0 Å². The molecule has 21 heavy (non-hydrogen) atoms. The van der Waals surface area contributed by atoms with Crippen LogP contribution in [0, 0.1) is 0 Å². The second kappa shape index (κ2) is 5.76. The van der Waals surface area contributed by atoms with Gasteiger partial charge in [-0.15, -0.1) is 0 Å². The summed E-state index contributed by atoms with van der Waals surface area (Å²) in [6.07, 6.45) is 7.45. The number of benzene rings is 1. The Morgan fingerprint density at radius 2 is 1.57 bits per heavy atom. The molecule has 1 aromatic carbocycles. The van der Waals surface area contributed by atoms with Gasteiger partial charge >= 0.3 is 0 Å². The zero-order chi connectivity index (χ0) is 14.8. The van der Waals surface area contributed by atoms with Gasteiger partial charge in [0, 0.05) is 35.7 Å². The zero-order valence-corrected chi connectivity index (χ0v) is 12.7. The standard InChI is InChI=1S/C18H22N2O/c1-14-6-5-7-15(2)20(14)18(21)16-8-10-17(11-9-16)19-12-3-4-13-19/h3-4,8-15H,5-7H2,1-2H3. The Labute approximate surface area is 126 Å². The first-order chi connectivity index (χ1) is 10.2. The lowest BCUT2D eigenvalue weighted by atomic mass is 9.96. The first-order valence-electron chi connectivity index (χ1n) is 7.73. The molecule has 0 bridgehead atoms. The normalized spacial score (nSPS) is 22.3. The molecule has 1 saturated heterocycles. The number of rotatable bonds is 2. The predicted octanol–water partition coefficient (Wildman–Crippen LogP) is 3.88. The van der Waals surface area contributed by atoms with E-state index in [1.807, 2.05) is 58.3 Å². The lowest BCUT2D eigenvalue weighted by molar-refractivity contribution is 0.0511. The number of carbonyl (C=O) groups is 1. The van der Waals surface area contributed by atoms with Crippen molar-refractivity contribution in [3.63, 3.8) is 0 Å². The number of amides is 1. The molecule has 1 aromatic heterocycles. The molecular formula is C18H22N2O. The van der Waals surface area contributed by atoms with Gasteiger partial charge in [0.05, 0.1) is 0 Å². The molecule has 0 N–H and O–H groups in total. The molecule has 1 fully saturated rings. The third-order valence-corrected chi connectivity index (χ3v) is 4.44. The minimum Gasteiger partial charge on any atom is -0.333 e. The van der Waals surface area contributed by atoms with E-state index in [1.165, 1.54) is 6.42 Å². The lowest BCUT2D eigenvalue weighted by Gasteiger charge is -2.39. The van der Waals surface area contributed by atoms with Gasteiger partial charge in [-0.25, -0.2) is 0 Å². The first-order valence-corrected chi connectivity index (χ1v) is 7.73. The van der Waals surface area contributed by atoms with Crippen molar-refractivity contribution in [2.24, 2.45) is 0 Å². The van der Waals surface area contributed by atoms with Gasteiger partial charge in [0.1, 0.15) is 0 Å². The summed E-state index contributed by atoms with van der Waals surface area (Å²) >= 11 is 0. The van der Waals surface area contributed by atoms with E-state index in [2.05, 4.69) is 13.8 Å². The minimum absolute atomic E-state index is 0.161. The van der Waals surface area contributed by atoms with Crippen molar-refractivity contribution in [3.8, 4) is 5.69 Å². The fraction of sp³-hybridized carbons (Fsp3) is 0.389. The molecule has 1 amide bonds. The Bertz CT molecular complexity index is 591. The van der Waals surface area contributed by atoms with Gasteiger partial charge < -0.3 is 9.47 Å². The van der Waals surface area contributed by atoms with Gasteiger partial charge in [-0.05, 0) is 69.5 Å². The molecule has 0 saturated carbocycles. The average Bonchev–Trinajstić information content (AvgIpc) is 3.01. The Kier molecular flexibility index (Phi) is 3.82. The molecule has 3 nitrogen and oxygen atoms in total. The predicted molar refractivity (Wildman–Crippen MR) is 84.7 cm³/mol. The number of hydrogen-bond acceptors (Lipinski definition) is 1. The van der Waals surface area contributed by atoms with E-state index in [9.17, 15) is 4.79 Å². The first kappa shape index (κ1) is 13.9. The summed E-state index contributed by atoms with van der Waals surface area (Å²) in [5.74, 6) is 0.161. The van der Waals surface area contributed by atoms with Crippen molar-refractivity contribution in [1.82, 2.24) is 9.47 Å². The number of nitrogens with zero attached hydrogens (tertiary/aromatic N) is 2. The Morgan fingerprint density at radius 1 is 1.00 bits per heavy atom. The van der Waals surface area contributed by atoms with Crippen LogP contribution < -0.4 is 0 Å². The molecule has 110 valence electrons. The molecule has 0 radical (unpaired) electrons. The highest BCUT2D eigenvalue weighted by molar-refractivity contribution is 5.94. The molecule has 2 heterocycles. The summed E-state index contributed by atoms with van der Waals surface area (Å²) in [5.41, 5.74) is 1.86. The molecule has 3 rings (SSSR count). The van der Waals surface area contributed by atoms with Crippen LogP contribution in [0.3, 0.4) is 0 Å². The molecule has 2 atom stereocenters. The Hall–Kier alpha value is -2.03. The zero-order valence-electron chi connectivity index (χ0n) is 12.7. The van der Waals surface area contributed by atoms with Crippen LogP contribution in [0.15, 0.2) is 48.8 Å². The van der Waals surface area contributed by atoms with Crippen molar-refractivity contribution in [2.45, 2.75) is 45.2 Å². The van der Waals surface area contributed by atoms with Crippen LogP contribution >= 0.6 is 0 Å². The van der Waals surface area contributed by atoms with E-state index >= 15 is 0 Å². The van der Waals surface area contributed by atoms with E-state index in [4.69, 9.17) is 0 Å². The SMILES string of the molecule is CC1CCCC(C)N1C(=O)c1ccc(-n2cccc2)cc1. The van der Waals surface area contributed by atoms with Crippen LogP contribution in [0.1, 0.15) is 43.5 Å². The molecular weight excluding hydrogens is 260 g/mol. The van der Waals surface area contributed by atoms with Crippen LogP contribution in [0.2, 0.25) is 0 Å². The minimum atomic E-state index is 0.161. The highest BCUT2D eigenvalue weighted by atomic mass is 16.2. The van der Waals surface area contributed by atoms with Gasteiger partial charge in [0.2, 0.25) is 0 Å². The molecule has 0 spiro atoms. The summed E-state index contributed by atoms with van der Waals surface area (Å²) in [6, 6.07) is 12.6. The maximum Gasteiger partial charge on any atom is 0.254 e. The highest BCUT2D eigenvalue weighted by Gasteiger charge is 2.29. The summed E-state index contributed by atoms with van der Waals surface area (Å²) < 4.78 is 2.04. The van der Waals surface area contributed by atoms with E-state index in [0.717, 1.165) is 24.1 Å². The third kappa shape index (κ3) is 2.73. The number of aromatic nitrogens is 1. The van der Waals surface area contributed by atoms with Gasteiger partial charge in [-0.2, -0.15) is 0 Å². The fourth-order valence-corrected chi connectivity index (χ4v) is 3.25. The second-order valence-corrected chi connectivity index (χ2v) is 5.98. The smallest absolute Gasteiger partial charge is 0.254 e.